The number of nitrogens with one attached hydrogen (secondary N) is 1. The summed E-state index contributed by atoms with van der Waals surface area (Å²) in [5.74, 6) is -0.145. The van der Waals surface area contributed by atoms with Crippen molar-refractivity contribution in [2.45, 2.75) is 49.9 Å². The fraction of sp³-hybridized carbons (Fsp3) is 0.526. The lowest BCUT2D eigenvalue weighted by Crippen LogP contribution is -2.48. The molecule has 0 spiro atoms. The second-order valence-corrected chi connectivity index (χ2v) is 9.44. The minimum absolute atomic E-state index is 0.0292. The van der Waals surface area contributed by atoms with Gasteiger partial charge in [-0.05, 0) is 51.0 Å². The van der Waals surface area contributed by atoms with Gasteiger partial charge in [-0.25, -0.2) is 8.42 Å². The predicted molar refractivity (Wildman–Crippen MR) is 105 cm³/mol. The molecule has 1 amide bonds. The predicted octanol–water partition coefficient (Wildman–Crippen LogP) is 1.97. The number of nitrogens with zero attached hydrogens (tertiary/aromatic N) is 3. The number of anilines is 1. The van der Waals surface area contributed by atoms with Gasteiger partial charge in [0.25, 0.3) is 5.91 Å². The van der Waals surface area contributed by atoms with Gasteiger partial charge in [-0.3, -0.25) is 10.1 Å². The first-order valence-corrected chi connectivity index (χ1v) is 11.3. The summed E-state index contributed by atoms with van der Waals surface area (Å²) in [6.45, 7) is 4.91. The zero-order chi connectivity index (χ0) is 21.3. The lowest BCUT2D eigenvalue weighted by Gasteiger charge is -2.34. The molecule has 2 aliphatic heterocycles. The number of carbonyl (C=O) groups is 1. The van der Waals surface area contributed by atoms with E-state index in [1.165, 1.54) is 28.6 Å². The van der Waals surface area contributed by atoms with Crippen molar-refractivity contribution in [3.05, 3.63) is 35.7 Å². The lowest BCUT2D eigenvalue weighted by molar-refractivity contribution is -0.0440. The van der Waals surface area contributed by atoms with Crippen LogP contribution in [0.5, 0.6) is 0 Å². The molecule has 0 aliphatic carbocycles. The van der Waals surface area contributed by atoms with Gasteiger partial charge >= 0.3 is 6.01 Å². The molecule has 2 saturated heterocycles. The fourth-order valence-electron chi connectivity index (χ4n) is 3.61. The molecule has 1 N–H and O–H groups in total. The first-order valence-electron chi connectivity index (χ1n) is 9.85. The zero-order valence-corrected chi connectivity index (χ0v) is 17.6. The zero-order valence-electron chi connectivity index (χ0n) is 16.8. The van der Waals surface area contributed by atoms with Crippen LogP contribution in [-0.2, 0) is 19.5 Å². The maximum atomic E-state index is 12.9. The highest BCUT2D eigenvalue weighted by molar-refractivity contribution is 7.89. The highest BCUT2D eigenvalue weighted by atomic mass is 32.2. The lowest BCUT2D eigenvalue weighted by atomic mass is 10.2. The summed E-state index contributed by atoms with van der Waals surface area (Å²) in [6, 6.07) is 5.71. The van der Waals surface area contributed by atoms with Crippen LogP contribution < -0.4 is 5.32 Å². The van der Waals surface area contributed by atoms with Crippen molar-refractivity contribution in [2.75, 3.05) is 25.0 Å². The normalized spacial score (nSPS) is 25.3. The third-order valence-corrected chi connectivity index (χ3v) is 6.85. The van der Waals surface area contributed by atoms with E-state index < -0.39 is 15.9 Å². The number of aromatic nitrogens is 2. The molecule has 2 aliphatic rings. The summed E-state index contributed by atoms with van der Waals surface area (Å²) in [4.78, 5) is 12.6. The average molecular weight is 436 g/mol. The summed E-state index contributed by atoms with van der Waals surface area (Å²) < 4.78 is 43.7. The molecule has 30 heavy (non-hydrogen) atoms. The smallest absolute Gasteiger partial charge is 0.322 e. The van der Waals surface area contributed by atoms with Gasteiger partial charge in [-0.15, -0.1) is 5.10 Å². The van der Waals surface area contributed by atoms with Gasteiger partial charge in [0.1, 0.15) is 6.10 Å². The van der Waals surface area contributed by atoms with E-state index in [1.54, 1.807) is 0 Å². The Morgan fingerprint density at radius 2 is 1.83 bits per heavy atom. The number of hydrogen-bond acceptors (Lipinski definition) is 8. The van der Waals surface area contributed by atoms with Crippen molar-refractivity contribution in [3.63, 3.8) is 0 Å². The first-order chi connectivity index (χ1) is 14.3. The van der Waals surface area contributed by atoms with E-state index in [4.69, 9.17) is 13.9 Å². The minimum Gasteiger partial charge on any atom is -0.405 e. The summed E-state index contributed by atoms with van der Waals surface area (Å²) in [7, 11) is -3.67. The Bertz CT molecular complexity index is 990. The third-order valence-electron chi connectivity index (χ3n) is 5.01. The highest BCUT2D eigenvalue weighted by Gasteiger charge is 2.32. The second kappa shape index (κ2) is 8.42. The van der Waals surface area contributed by atoms with E-state index in [0.717, 1.165) is 12.8 Å². The van der Waals surface area contributed by atoms with Crippen LogP contribution in [0.1, 0.15) is 49.0 Å². The molecule has 10 nitrogen and oxygen atoms in total. The van der Waals surface area contributed by atoms with Gasteiger partial charge in [-0.2, -0.15) is 4.31 Å². The molecule has 3 heterocycles. The van der Waals surface area contributed by atoms with E-state index in [1.807, 2.05) is 13.8 Å². The molecule has 3 atom stereocenters. The molecule has 2 fully saturated rings. The molecule has 0 bridgehead atoms. The van der Waals surface area contributed by atoms with Crippen molar-refractivity contribution in [3.8, 4) is 0 Å². The minimum atomic E-state index is -3.67. The maximum Gasteiger partial charge on any atom is 0.322 e. The topological polar surface area (TPSA) is 124 Å². The van der Waals surface area contributed by atoms with Crippen LogP contribution in [0.4, 0.5) is 6.01 Å². The molecule has 1 aromatic carbocycles. The van der Waals surface area contributed by atoms with Crippen LogP contribution in [0.3, 0.4) is 0 Å². The van der Waals surface area contributed by atoms with Crippen LogP contribution in [0.2, 0.25) is 0 Å². The van der Waals surface area contributed by atoms with Gasteiger partial charge in [0.05, 0.1) is 17.1 Å². The van der Waals surface area contributed by atoms with Crippen LogP contribution >= 0.6 is 0 Å². The quantitative estimate of drug-likeness (QED) is 0.754. The van der Waals surface area contributed by atoms with Crippen molar-refractivity contribution in [1.82, 2.24) is 14.5 Å². The molecule has 4 rings (SSSR count). The number of benzene rings is 1. The van der Waals surface area contributed by atoms with Crippen molar-refractivity contribution in [2.24, 2.45) is 0 Å². The number of amides is 1. The average Bonchev–Trinajstić information content (AvgIpc) is 3.39. The first kappa shape index (κ1) is 20.9. The monoisotopic (exact) mass is 436 g/mol. The van der Waals surface area contributed by atoms with E-state index in [0.29, 0.717) is 25.6 Å². The molecule has 162 valence electrons. The second-order valence-electron chi connectivity index (χ2n) is 7.50. The summed E-state index contributed by atoms with van der Waals surface area (Å²) in [5.41, 5.74) is 0.273. The number of ether oxygens (including phenoxy) is 2. The number of rotatable bonds is 5. The SMILES string of the molecule is CC1CN(S(=O)(=O)c2ccc(C(=O)Nc3nnc(C4CCCO4)o3)cc2)CC(C)O1. The molecule has 0 radical (unpaired) electrons. The fourth-order valence-corrected chi connectivity index (χ4v) is 5.20. The Balaban J connectivity index is 1.43. The van der Waals surface area contributed by atoms with Gasteiger partial charge in [0, 0.05) is 25.3 Å². The van der Waals surface area contributed by atoms with Crippen molar-refractivity contribution < 1.29 is 27.1 Å². The number of carbonyl (C=O) groups excluding carboxylic acids is 1. The largest absolute Gasteiger partial charge is 0.405 e. The van der Waals surface area contributed by atoms with Crippen molar-refractivity contribution >= 4 is 21.9 Å². The summed E-state index contributed by atoms with van der Waals surface area (Å²) in [5, 5.41) is 10.2. The Morgan fingerprint density at radius 1 is 1.13 bits per heavy atom. The molecular formula is C19H24N4O6S. The van der Waals surface area contributed by atoms with Gasteiger partial charge in [0.2, 0.25) is 15.9 Å². The van der Waals surface area contributed by atoms with Crippen molar-refractivity contribution in [1.29, 1.82) is 0 Å². The molecular weight excluding hydrogens is 412 g/mol. The molecule has 2 aromatic rings. The molecule has 1 aromatic heterocycles. The van der Waals surface area contributed by atoms with Gasteiger partial charge < -0.3 is 13.9 Å². The Morgan fingerprint density at radius 3 is 2.47 bits per heavy atom. The third kappa shape index (κ3) is 4.38. The van der Waals surface area contributed by atoms with Gasteiger partial charge in [0.15, 0.2) is 0 Å². The summed E-state index contributed by atoms with van der Waals surface area (Å²) in [6.07, 6.45) is 1.13. The molecule has 0 saturated carbocycles. The Kier molecular flexibility index (Phi) is 5.87. The molecule has 3 unspecified atom stereocenters. The van der Waals surface area contributed by atoms with Crippen LogP contribution in [0.25, 0.3) is 0 Å². The summed E-state index contributed by atoms with van der Waals surface area (Å²) >= 11 is 0. The van der Waals surface area contributed by atoms with E-state index in [2.05, 4.69) is 15.5 Å². The Labute approximate surface area is 174 Å². The Hall–Kier alpha value is -2.34. The maximum absolute atomic E-state index is 12.9. The highest BCUT2D eigenvalue weighted by Crippen LogP contribution is 2.28. The number of hydrogen-bond donors (Lipinski definition) is 1. The van der Waals surface area contributed by atoms with Crippen LogP contribution in [0.15, 0.2) is 33.6 Å². The number of morpholine rings is 1. The van der Waals surface area contributed by atoms with Crippen LogP contribution in [0, 0.1) is 0 Å². The number of sulfonamides is 1. The van der Waals surface area contributed by atoms with E-state index >= 15 is 0 Å². The standard InChI is InChI=1S/C19H24N4O6S/c1-12-10-23(11-13(2)28-12)30(25,26)15-7-5-14(6-8-15)17(24)20-19-22-21-18(29-19)16-4-3-9-27-16/h5-8,12-13,16H,3-4,9-11H2,1-2H3,(H,20,22,24). The molecule has 11 heteroatoms. The van der Waals surface area contributed by atoms with E-state index in [9.17, 15) is 13.2 Å². The van der Waals surface area contributed by atoms with Crippen LogP contribution in [-0.4, -0.2) is 60.7 Å². The van der Waals surface area contributed by atoms with Gasteiger partial charge in [-0.1, -0.05) is 5.10 Å². The van der Waals surface area contributed by atoms with E-state index in [-0.39, 0.29) is 34.8 Å².